The first-order chi connectivity index (χ1) is 11.6. The predicted molar refractivity (Wildman–Crippen MR) is 93.4 cm³/mol. The molecule has 1 unspecified atom stereocenters. The summed E-state index contributed by atoms with van der Waals surface area (Å²) in [6, 6.07) is 7.12. The molecule has 24 heavy (non-hydrogen) atoms. The summed E-state index contributed by atoms with van der Waals surface area (Å²) in [7, 11) is 0. The molecule has 0 saturated carbocycles. The largest absolute Gasteiger partial charge is 0.459 e. The Bertz CT molecular complexity index is 810. The number of thiazole rings is 1. The van der Waals surface area contributed by atoms with E-state index in [1.165, 1.54) is 17.6 Å². The molecular weight excluding hydrogens is 346 g/mol. The fraction of sp³-hybridized carbons (Fsp3) is 0.188. The zero-order valence-electron chi connectivity index (χ0n) is 12.8. The van der Waals surface area contributed by atoms with E-state index in [1.807, 2.05) is 24.4 Å². The molecule has 0 aliphatic heterocycles. The van der Waals surface area contributed by atoms with E-state index in [1.54, 1.807) is 28.8 Å². The van der Waals surface area contributed by atoms with Crippen LogP contribution in [0.3, 0.4) is 0 Å². The Balaban J connectivity index is 1.54. The second-order valence-electron chi connectivity index (χ2n) is 5.06. The summed E-state index contributed by atoms with van der Waals surface area (Å²) < 4.78 is 5.02. The van der Waals surface area contributed by atoms with E-state index in [-0.39, 0.29) is 30.0 Å². The van der Waals surface area contributed by atoms with Crippen LogP contribution in [-0.4, -0.2) is 16.8 Å². The molecule has 0 spiro atoms. The van der Waals surface area contributed by atoms with Gasteiger partial charge in [0.2, 0.25) is 5.91 Å². The topological polar surface area (TPSA) is 84.2 Å². The maximum absolute atomic E-state index is 12.1. The van der Waals surface area contributed by atoms with Crippen molar-refractivity contribution in [2.24, 2.45) is 0 Å². The molecule has 0 fully saturated rings. The Morgan fingerprint density at radius 3 is 2.88 bits per heavy atom. The number of carbonyl (C=O) groups is 2. The van der Waals surface area contributed by atoms with Crippen molar-refractivity contribution in [1.29, 1.82) is 0 Å². The number of hydrogen-bond donors (Lipinski definition) is 2. The highest BCUT2D eigenvalue weighted by Crippen LogP contribution is 2.19. The summed E-state index contributed by atoms with van der Waals surface area (Å²) in [5, 5.41) is 9.75. The van der Waals surface area contributed by atoms with Crippen molar-refractivity contribution in [1.82, 2.24) is 10.3 Å². The number of furan rings is 1. The van der Waals surface area contributed by atoms with E-state index >= 15 is 0 Å². The SMILES string of the molecule is CC(NC(=O)Cc1csc(NC(=O)c2ccco2)n1)c1cccs1. The van der Waals surface area contributed by atoms with Crippen LogP contribution in [0.15, 0.2) is 45.7 Å². The monoisotopic (exact) mass is 361 g/mol. The van der Waals surface area contributed by atoms with Crippen molar-refractivity contribution in [3.8, 4) is 0 Å². The van der Waals surface area contributed by atoms with Crippen molar-refractivity contribution < 1.29 is 14.0 Å². The minimum atomic E-state index is -0.364. The van der Waals surface area contributed by atoms with E-state index in [9.17, 15) is 9.59 Å². The Hall–Kier alpha value is -2.45. The molecule has 3 rings (SSSR count). The second kappa shape index (κ2) is 7.41. The number of thiophene rings is 1. The smallest absolute Gasteiger partial charge is 0.293 e. The number of hydrogen-bond acceptors (Lipinski definition) is 6. The third-order valence-corrected chi connectivity index (χ3v) is 5.07. The fourth-order valence-electron chi connectivity index (χ4n) is 2.08. The molecule has 124 valence electrons. The molecule has 2 N–H and O–H groups in total. The molecular formula is C16H15N3O3S2. The number of anilines is 1. The number of carbonyl (C=O) groups excluding carboxylic acids is 2. The molecule has 0 bridgehead atoms. The van der Waals surface area contributed by atoms with Crippen molar-refractivity contribution in [3.63, 3.8) is 0 Å². The van der Waals surface area contributed by atoms with Gasteiger partial charge in [-0.2, -0.15) is 0 Å². The lowest BCUT2D eigenvalue weighted by Crippen LogP contribution is -2.27. The highest BCUT2D eigenvalue weighted by atomic mass is 32.1. The maximum atomic E-state index is 12.1. The Labute approximate surface area is 146 Å². The van der Waals surface area contributed by atoms with Gasteiger partial charge in [-0.3, -0.25) is 14.9 Å². The quantitative estimate of drug-likeness (QED) is 0.704. The van der Waals surface area contributed by atoms with Crippen molar-refractivity contribution in [2.45, 2.75) is 19.4 Å². The maximum Gasteiger partial charge on any atom is 0.293 e. The van der Waals surface area contributed by atoms with E-state index in [4.69, 9.17) is 4.42 Å². The van der Waals surface area contributed by atoms with Crippen molar-refractivity contribution >= 4 is 39.6 Å². The van der Waals surface area contributed by atoms with Gasteiger partial charge in [-0.1, -0.05) is 6.07 Å². The Morgan fingerprint density at radius 1 is 1.29 bits per heavy atom. The number of rotatable bonds is 6. The lowest BCUT2D eigenvalue weighted by Gasteiger charge is -2.11. The molecule has 0 radical (unpaired) electrons. The molecule has 3 aromatic rings. The van der Waals surface area contributed by atoms with Crippen LogP contribution in [-0.2, 0) is 11.2 Å². The summed E-state index contributed by atoms with van der Waals surface area (Å²) in [5.41, 5.74) is 0.616. The first-order valence-corrected chi connectivity index (χ1v) is 9.00. The van der Waals surface area contributed by atoms with Crippen molar-refractivity contribution in [2.75, 3.05) is 5.32 Å². The van der Waals surface area contributed by atoms with Crippen LogP contribution in [0.5, 0.6) is 0 Å². The lowest BCUT2D eigenvalue weighted by atomic mass is 10.2. The van der Waals surface area contributed by atoms with E-state index in [0.29, 0.717) is 10.8 Å². The number of nitrogens with zero attached hydrogens (tertiary/aromatic N) is 1. The van der Waals surface area contributed by atoms with E-state index in [2.05, 4.69) is 15.6 Å². The van der Waals surface area contributed by atoms with Gasteiger partial charge in [0.15, 0.2) is 10.9 Å². The van der Waals surface area contributed by atoms with E-state index in [0.717, 1.165) is 4.88 Å². The Morgan fingerprint density at radius 2 is 2.17 bits per heavy atom. The number of nitrogens with one attached hydrogen (secondary N) is 2. The predicted octanol–water partition coefficient (Wildman–Crippen LogP) is 3.47. The van der Waals surface area contributed by atoms with Gasteiger partial charge in [0.1, 0.15) is 0 Å². The van der Waals surface area contributed by atoms with Gasteiger partial charge in [-0.25, -0.2) is 4.98 Å². The van der Waals surface area contributed by atoms with Crippen LogP contribution in [0.2, 0.25) is 0 Å². The summed E-state index contributed by atoms with van der Waals surface area (Å²) in [4.78, 5) is 29.3. The van der Waals surface area contributed by atoms with Gasteiger partial charge >= 0.3 is 0 Å². The first-order valence-electron chi connectivity index (χ1n) is 7.24. The lowest BCUT2D eigenvalue weighted by molar-refractivity contribution is -0.121. The highest BCUT2D eigenvalue weighted by molar-refractivity contribution is 7.14. The van der Waals surface area contributed by atoms with Gasteiger partial charge in [0, 0.05) is 10.3 Å². The molecule has 0 aliphatic rings. The average molecular weight is 361 g/mol. The molecule has 1 atom stereocenters. The molecule has 0 saturated heterocycles. The molecule has 0 aliphatic carbocycles. The van der Waals surface area contributed by atoms with Gasteiger partial charge in [-0.15, -0.1) is 22.7 Å². The highest BCUT2D eigenvalue weighted by Gasteiger charge is 2.14. The van der Waals surface area contributed by atoms with Gasteiger partial charge in [0.25, 0.3) is 5.91 Å². The van der Waals surface area contributed by atoms with Crippen LogP contribution >= 0.6 is 22.7 Å². The van der Waals surface area contributed by atoms with Crippen LogP contribution in [0.4, 0.5) is 5.13 Å². The summed E-state index contributed by atoms with van der Waals surface area (Å²) in [6.45, 7) is 1.94. The minimum Gasteiger partial charge on any atom is -0.459 e. The fourth-order valence-corrected chi connectivity index (χ4v) is 3.52. The summed E-state index contributed by atoms with van der Waals surface area (Å²) in [5.74, 6) is -0.254. The molecule has 8 heteroatoms. The minimum absolute atomic E-state index is 0.0331. The number of amides is 2. The van der Waals surface area contributed by atoms with Crippen LogP contribution in [0.25, 0.3) is 0 Å². The summed E-state index contributed by atoms with van der Waals surface area (Å²) >= 11 is 2.88. The summed E-state index contributed by atoms with van der Waals surface area (Å²) in [6.07, 6.45) is 1.60. The second-order valence-corrected chi connectivity index (χ2v) is 6.89. The van der Waals surface area contributed by atoms with Crippen LogP contribution < -0.4 is 10.6 Å². The first kappa shape index (κ1) is 16.4. The molecule has 3 heterocycles. The molecule has 3 aromatic heterocycles. The van der Waals surface area contributed by atoms with Gasteiger partial charge in [-0.05, 0) is 30.5 Å². The Kier molecular flexibility index (Phi) is 5.07. The molecule has 2 amide bonds. The zero-order chi connectivity index (χ0) is 16.9. The zero-order valence-corrected chi connectivity index (χ0v) is 14.4. The van der Waals surface area contributed by atoms with Crippen LogP contribution in [0, 0.1) is 0 Å². The normalized spacial score (nSPS) is 11.9. The molecule has 6 nitrogen and oxygen atoms in total. The van der Waals surface area contributed by atoms with Crippen molar-refractivity contribution in [3.05, 3.63) is 57.6 Å². The molecule has 0 aromatic carbocycles. The third kappa shape index (κ3) is 4.09. The average Bonchev–Trinajstić information content (AvgIpc) is 3.30. The standard InChI is InChI=1S/C16H15N3O3S2/c1-10(13-5-3-7-23-13)17-14(20)8-11-9-24-16(18-11)19-15(21)12-4-2-6-22-12/h2-7,9-10H,8H2,1H3,(H,17,20)(H,18,19,21). The van der Waals surface area contributed by atoms with Crippen LogP contribution in [0.1, 0.15) is 34.1 Å². The van der Waals surface area contributed by atoms with E-state index < -0.39 is 0 Å². The van der Waals surface area contributed by atoms with Gasteiger partial charge < -0.3 is 9.73 Å². The van der Waals surface area contributed by atoms with Gasteiger partial charge in [0.05, 0.1) is 24.4 Å². The third-order valence-electron chi connectivity index (χ3n) is 3.21. The number of aromatic nitrogens is 1.